The van der Waals surface area contributed by atoms with Crippen molar-refractivity contribution < 1.29 is 18.7 Å². The number of aliphatic hydroxyl groups is 1. The van der Waals surface area contributed by atoms with Crippen molar-refractivity contribution in [3.05, 3.63) is 46.5 Å². The number of amides is 1. The van der Waals surface area contributed by atoms with Crippen LogP contribution in [0.2, 0.25) is 0 Å². The third-order valence-corrected chi connectivity index (χ3v) is 5.78. The molecule has 2 aliphatic carbocycles. The van der Waals surface area contributed by atoms with Crippen LogP contribution in [0, 0.1) is 0 Å². The minimum Gasteiger partial charge on any atom is -0.400 e. The lowest BCUT2D eigenvalue weighted by Gasteiger charge is -2.27. The lowest BCUT2D eigenvalue weighted by atomic mass is 9.93. The number of aromatic nitrogens is 4. The predicted molar refractivity (Wildman–Crippen MR) is 125 cm³/mol. The van der Waals surface area contributed by atoms with Crippen LogP contribution in [0.3, 0.4) is 0 Å². The normalized spacial score (nSPS) is 16.1. The largest absolute Gasteiger partial charge is 0.400 e. The third kappa shape index (κ3) is 5.33. The van der Waals surface area contributed by atoms with Gasteiger partial charge in [0.2, 0.25) is 5.92 Å². The lowest BCUT2D eigenvalue weighted by molar-refractivity contribution is -0.0717. The summed E-state index contributed by atoms with van der Waals surface area (Å²) < 4.78 is 26.3. The number of primary amides is 1. The van der Waals surface area contributed by atoms with Crippen LogP contribution in [0.5, 0.6) is 0 Å². The number of fused-ring (bicyclic) bond motifs is 1. The van der Waals surface area contributed by atoms with Gasteiger partial charge in [0.25, 0.3) is 11.5 Å². The van der Waals surface area contributed by atoms with E-state index in [2.05, 4.69) is 20.7 Å². The molecule has 0 bridgehead atoms. The Morgan fingerprint density at radius 1 is 1.26 bits per heavy atom. The fourth-order valence-corrected chi connectivity index (χ4v) is 3.52. The van der Waals surface area contributed by atoms with Gasteiger partial charge in [-0.05, 0) is 37.8 Å². The Kier molecular flexibility index (Phi) is 7.82. The first-order chi connectivity index (χ1) is 16.3. The molecule has 0 aliphatic heterocycles. The van der Waals surface area contributed by atoms with E-state index in [-0.39, 0.29) is 30.0 Å². The molecule has 0 spiro atoms. The molecule has 3 aromatic heterocycles. The number of nitrogens with one attached hydrogen (secondary N) is 2. The molecule has 0 radical (unpaired) electrons. The molecule has 2 saturated carbocycles. The van der Waals surface area contributed by atoms with E-state index in [1.807, 2.05) is 12.3 Å². The number of aliphatic hydroxyl groups excluding tert-OH is 1. The molecule has 34 heavy (non-hydrogen) atoms. The third-order valence-electron chi connectivity index (χ3n) is 5.78. The van der Waals surface area contributed by atoms with E-state index in [1.54, 1.807) is 23.7 Å². The van der Waals surface area contributed by atoms with Crippen LogP contribution in [0.25, 0.3) is 5.65 Å². The minimum absolute atomic E-state index is 0.0893. The summed E-state index contributed by atoms with van der Waals surface area (Å²) in [5.41, 5.74) is 6.27. The van der Waals surface area contributed by atoms with Crippen LogP contribution in [-0.2, 0) is 0 Å². The number of hydrogen-bond donors (Lipinski definition) is 4. The van der Waals surface area contributed by atoms with Gasteiger partial charge in [0.05, 0.1) is 6.20 Å². The number of nitrogens with zero attached hydrogens (tertiary/aromatic N) is 4. The highest BCUT2D eigenvalue weighted by Crippen LogP contribution is 2.36. The Labute approximate surface area is 194 Å². The zero-order chi connectivity index (χ0) is 24.9. The number of carbonyl (C=O) groups excluding carboxylic acids is 1. The fourth-order valence-electron chi connectivity index (χ4n) is 3.52. The molecular weight excluding hydrogens is 448 g/mol. The summed E-state index contributed by atoms with van der Waals surface area (Å²) >= 11 is 0. The number of rotatable bonds is 5. The standard InChI is InChI=1S/C17H19N7O2.C4H6F2.CH4O/c1-19-14-8-13(22-16-11(15(18)25)9-20-24(14)16)21-12-6-3-7-23(17(12)26)10-4-2-5-10;5-4(6)2-1-3-4;1-2/h3,6-10,19H,2,4-5H2,1H3,(H2,18,25)(H,21,22);1-3H2;2H,1H3. The van der Waals surface area contributed by atoms with E-state index in [9.17, 15) is 18.4 Å². The lowest BCUT2D eigenvalue weighted by Crippen LogP contribution is -2.29. The SMILES string of the molecule is CNc1cc(Nc2cccn(C3CCC3)c2=O)nc2c(C(N)=O)cnn12.CO.FC1(F)CCC1. The van der Waals surface area contributed by atoms with Gasteiger partial charge in [-0.25, -0.2) is 13.8 Å². The number of pyridine rings is 1. The van der Waals surface area contributed by atoms with Crippen LogP contribution >= 0.6 is 0 Å². The van der Waals surface area contributed by atoms with E-state index < -0.39 is 11.8 Å². The highest BCUT2D eigenvalue weighted by Gasteiger charge is 2.36. The van der Waals surface area contributed by atoms with Gasteiger partial charge in [-0.1, -0.05) is 0 Å². The van der Waals surface area contributed by atoms with Crippen molar-refractivity contribution in [1.29, 1.82) is 0 Å². The zero-order valence-electron chi connectivity index (χ0n) is 19.1. The van der Waals surface area contributed by atoms with Gasteiger partial charge in [0, 0.05) is 45.3 Å². The van der Waals surface area contributed by atoms with E-state index in [1.165, 1.54) is 10.7 Å². The van der Waals surface area contributed by atoms with Gasteiger partial charge >= 0.3 is 0 Å². The van der Waals surface area contributed by atoms with E-state index >= 15 is 0 Å². The Hall–Kier alpha value is -3.54. The van der Waals surface area contributed by atoms with Crippen LogP contribution in [0.4, 0.5) is 26.1 Å². The topological polar surface area (TPSA) is 140 Å². The second-order valence-electron chi connectivity index (χ2n) is 7.99. The van der Waals surface area contributed by atoms with Crippen molar-refractivity contribution in [2.24, 2.45) is 5.73 Å². The molecule has 3 aromatic rings. The first kappa shape index (κ1) is 25.1. The average Bonchev–Trinajstić information content (AvgIpc) is 3.20. The second kappa shape index (κ2) is 10.6. The maximum absolute atomic E-state index is 12.7. The molecule has 0 saturated heterocycles. The number of halogens is 2. The summed E-state index contributed by atoms with van der Waals surface area (Å²) in [7, 11) is 2.73. The highest BCUT2D eigenvalue weighted by molar-refractivity contribution is 5.98. The maximum atomic E-state index is 12.7. The molecule has 184 valence electrons. The Morgan fingerprint density at radius 2 is 1.94 bits per heavy atom. The number of alkyl halides is 2. The van der Waals surface area contributed by atoms with E-state index in [0.29, 0.717) is 29.4 Å². The molecule has 0 unspecified atom stereocenters. The van der Waals surface area contributed by atoms with Crippen molar-refractivity contribution in [1.82, 2.24) is 19.2 Å². The molecule has 2 aliphatic rings. The van der Waals surface area contributed by atoms with Gasteiger partial charge in [0.15, 0.2) is 5.65 Å². The zero-order valence-corrected chi connectivity index (χ0v) is 19.1. The molecule has 0 atom stereocenters. The number of carbonyl (C=O) groups is 1. The predicted octanol–water partition coefficient (Wildman–Crippen LogP) is 2.91. The molecule has 3 heterocycles. The van der Waals surface area contributed by atoms with Crippen LogP contribution in [-0.4, -0.2) is 50.3 Å². The van der Waals surface area contributed by atoms with Gasteiger partial charge in [0.1, 0.15) is 22.9 Å². The molecule has 5 rings (SSSR count). The quantitative estimate of drug-likeness (QED) is 0.443. The van der Waals surface area contributed by atoms with E-state index in [0.717, 1.165) is 26.4 Å². The smallest absolute Gasteiger partial charge is 0.274 e. The first-order valence-electron chi connectivity index (χ1n) is 11.0. The maximum Gasteiger partial charge on any atom is 0.274 e. The summed E-state index contributed by atoms with van der Waals surface area (Å²) in [6, 6.07) is 5.54. The Bertz CT molecular complexity index is 1200. The second-order valence-corrected chi connectivity index (χ2v) is 7.99. The van der Waals surface area contributed by atoms with Crippen molar-refractivity contribution in [2.75, 3.05) is 24.8 Å². The van der Waals surface area contributed by atoms with Gasteiger partial charge in [-0.15, -0.1) is 0 Å². The van der Waals surface area contributed by atoms with Crippen LogP contribution in [0.1, 0.15) is 54.9 Å². The van der Waals surface area contributed by atoms with Crippen molar-refractivity contribution in [3.63, 3.8) is 0 Å². The monoisotopic (exact) mass is 477 g/mol. The van der Waals surface area contributed by atoms with Gasteiger partial charge in [-0.2, -0.15) is 9.61 Å². The first-order valence-corrected chi connectivity index (χ1v) is 11.0. The Balaban J connectivity index is 0.000000348. The molecule has 2 fully saturated rings. The average molecular weight is 478 g/mol. The summed E-state index contributed by atoms with van der Waals surface area (Å²) in [6.07, 6.45) is 7.34. The fraction of sp³-hybridized carbons (Fsp3) is 0.455. The summed E-state index contributed by atoms with van der Waals surface area (Å²) in [5, 5.41) is 17.2. The summed E-state index contributed by atoms with van der Waals surface area (Å²) in [5.74, 6) is -1.85. The molecule has 5 N–H and O–H groups in total. The van der Waals surface area contributed by atoms with Crippen molar-refractivity contribution in [2.45, 2.75) is 50.5 Å². The molecule has 0 aromatic carbocycles. The van der Waals surface area contributed by atoms with Crippen molar-refractivity contribution in [3.8, 4) is 0 Å². The molecule has 1 amide bonds. The Morgan fingerprint density at radius 3 is 2.44 bits per heavy atom. The van der Waals surface area contributed by atoms with Crippen LogP contribution < -0.4 is 21.9 Å². The number of hydrogen-bond acceptors (Lipinski definition) is 7. The van der Waals surface area contributed by atoms with Crippen molar-refractivity contribution >= 4 is 28.9 Å². The van der Waals surface area contributed by atoms with Crippen LogP contribution in [0.15, 0.2) is 35.4 Å². The number of nitrogens with two attached hydrogens (primary N) is 1. The number of anilines is 3. The van der Waals surface area contributed by atoms with Gasteiger partial charge < -0.3 is 26.0 Å². The van der Waals surface area contributed by atoms with E-state index in [4.69, 9.17) is 10.8 Å². The molecule has 10 nitrogen and oxygen atoms in total. The molecular formula is C22H29F2N7O3. The van der Waals surface area contributed by atoms with Gasteiger partial charge in [-0.3, -0.25) is 9.59 Å². The molecule has 12 heteroatoms. The minimum atomic E-state index is -2.28. The highest BCUT2D eigenvalue weighted by atomic mass is 19.3. The summed E-state index contributed by atoms with van der Waals surface area (Å²) in [6.45, 7) is 0. The summed E-state index contributed by atoms with van der Waals surface area (Å²) in [4.78, 5) is 28.7.